The van der Waals surface area contributed by atoms with Gasteiger partial charge in [-0.3, -0.25) is 0 Å². The molecular weight excluding hydrogens is 405 g/mol. The lowest BCUT2D eigenvalue weighted by molar-refractivity contribution is -0.620. The minimum absolute atomic E-state index is 0.210. The van der Waals surface area contributed by atoms with E-state index >= 15 is 0 Å². The standard InChI is InChI=1S/C25H28FN5O/c1-17-5-4-14-31(16-17)23-11-10-21(28-25(23)32-3)22-15-18(2)24(30-29-22)27-13-12-19-6-8-20(26)9-7-19/h4,6-11,14-16,27,29-30H,5,12-13H2,1-3H3/p+1. The van der Waals surface area contributed by atoms with Gasteiger partial charge in [-0.2, -0.15) is 0 Å². The first kappa shape index (κ1) is 21.6. The molecule has 0 saturated carbocycles. The van der Waals surface area contributed by atoms with Gasteiger partial charge >= 0.3 is 0 Å². The van der Waals surface area contributed by atoms with Gasteiger partial charge in [-0.1, -0.05) is 23.8 Å². The Kier molecular flexibility index (Phi) is 6.56. The van der Waals surface area contributed by atoms with Gasteiger partial charge in [0.2, 0.25) is 5.88 Å². The van der Waals surface area contributed by atoms with Crippen LogP contribution in [0.3, 0.4) is 0 Å². The van der Waals surface area contributed by atoms with Crippen LogP contribution in [0, 0.1) is 5.82 Å². The summed E-state index contributed by atoms with van der Waals surface area (Å²) in [5.74, 6) is 1.33. The highest BCUT2D eigenvalue weighted by molar-refractivity contribution is 5.66. The van der Waals surface area contributed by atoms with Crippen molar-refractivity contribution in [1.29, 1.82) is 0 Å². The third-order valence-electron chi connectivity index (χ3n) is 5.44. The zero-order chi connectivity index (χ0) is 22.5. The minimum Gasteiger partial charge on any atom is -0.479 e. The number of nitrogens with two attached hydrogens (primary N) is 1. The van der Waals surface area contributed by atoms with E-state index in [2.05, 4.69) is 42.9 Å². The van der Waals surface area contributed by atoms with Crippen LogP contribution in [0.15, 0.2) is 77.9 Å². The fourth-order valence-electron chi connectivity index (χ4n) is 3.71. The second-order valence-electron chi connectivity index (χ2n) is 7.95. The molecule has 166 valence electrons. The molecule has 0 bridgehead atoms. The van der Waals surface area contributed by atoms with E-state index in [0.717, 1.165) is 53.4 Å². The van der Waals surface area contributed by atoms with Crippen molar-refractivity contribution in [2.45, 2.75) is 26.7 Å². The molecule has 4 rings (SSSR count). The molecule has 1 aromatic carbocycles. The van der Waals surface area contributed by atoms with Crippen molar-refractivity contribution in [3.05, 3.63) is 95.0 Å². The van der Waals surface area contributed by atoms with Gasteiger partial charge in [0.15, 0.2) is 11.5 Å². The minimum atomic E-state index is -0.210. The van der Waals surface area contributed by atoms with E-state index in [1.807, 2.05) is 40.8 Å². The molecule has 0 saturated heterocycles. The lowest BCUT2D eigenvalue weighted by atomic mass is 10.1. The van der Waals surface area contributed by atoms with E-state index in [1.54, 1.807) is 7.11 Å². The van der Waals surface area contributed by atoms with Gasteiger partial charge in [0.25, 0.3) is 0 Å². The molecule has 4 N–H and O–H groups in total. The van der Waals surface area contributed by atoms with Crippen molar-refractivity contribution in [1.82, 2.24) is 15.7 Å². The van der Waals surface area contributed by atoms with Gasteiger partial charge < -0.3 is 15.0 Å². The molecule has 0 aliphatic carbocycles. The van der Waals surface area contributed by atoms with Crippen molar-refractivity contribution < 1.29 is 14.6 Å². The number of aromatic nitrogens is 1. The van der Waals surface area contributed by atoms with Crippen LogP contribution in [0.2, 0.25) is 0 Å². The molecule has 0 fully saturated rings. The first-order valence-electron chi connectivity index (χ1n) is 10.7. The third kappa shape index (κ3) is 5.00. The van der Waals surface area contributed by atoms with Crippen molar-refractivity contribution in [2.24, 2.45) is 0 Å². The number of hydrogen-bond acceptors (Lipinski definition) is 5. The monoisotopic (exact) mass is 434 g/mol. The Bertz CT molecular complexity index is 1100. The number of anilines is 1. The van der Waals surface area contributed by atoms with Crippen LogP contribution in [-0.2, 0) is 6.42 Å². The zero-order valence-electron chi connectivity index (χ0n) is 18.7. The average molecular weight is 435 g/mol. The molecular formula is C25H29FN5O+. The summed E-state index contributed by atoms with van der Waals surface area (Å²) in [4.78, 5) is 6.78. The van der Waals surface area contributed by atoms with Crippen molar-refractivity contribution in [3.8, 4) is 5.88 Å². The quantitative estimate of drug-likeness (QED) is 0.584. The van der Waals surface area contributed by atoms with Crippen LogP contribution in [0.4, 0.5) is 10.1 Å². The van der Waals surface area contributed by atoms with Gasteiger partial charge in [0.1, 0.15) is 17.2 Å². The lowest BCUT2D eigenvalue weighted by Gasteiger charge is -2.23. The molecule has 1 aromatic heterocycles. The molecule has 0 unspecified atom stereocenters. The van der Waals surface area contributed by atoms with Crippen LogP contribution in [0.1, 0.15) is 31.5 Å². The Hall–Kier alpha value is -3.58. The molecule has 0 spiro atoms. The highest BCUT2D eigenvalue weighted by Crippen LogP contribution is 2.30. The first-order valence-corrected chi connectivity index (χ1v) is 10.7. The van der Waals surface area contributed by atoms with Crippen molar-refractivity contribution in [2.75, 3.05) is 18.6 Å². The molecule has 7 heteroatoms. The molecule has 2 aliphatic rings. The van der Waals surface area contributed by atoms with E-state index in [9.17, 15) is 4.39 Å². The smallest absolute Gasteiger partial charge is 0.238 e. The molecule has 0 atom stereocenters. The highest BCUT2D eigenvalue weighted by atomic mass is 19.1. The van der Waals surface area contributed by atoms with Crippen molar-refractivity contribution in [3.63, 3.8) is 0 Å². The number of rotatable bonds is 7. The molecule has 0 amide bonds. The number of hydrogen-bond donors (Lipinski definition) is 3. The van der Waals surface area contributed by atoms with E-state index in [0.29, 0.717) is 5.88 Å². The SMILES string of the molecule is COc1nc(C2=CC(C)=C(NCCc3ccc(F)cc3)N[NH2+]2)ccc1N1C=CCC(C)=C1. The molecule has 3 heterocycles. The summed E-state index contributed by atoms with van der Waals surface area (Å²) < 4.78 is 18.6. The number of allylic oxidation sites excluding steroid dienone is 4. The lowest BCUT2D eigenvalue weighted by Crippen LogP contribution is -2.91. The second-order valence-corrected chi connectivity index (χ2v) is 7.95. The largest absolute Gasteiger partial charge is 0.479 e. The highest BCUT2D eigenvalue weighted by Gasteiger charge is 2.19. The number of benzene rings is 1. The van der Waals surface area contributed by atoms with E-state index in [4.69, 9.17) is 9.72 Å². The van der Waals surface area contributed by atoms with Crippen LogP contribution < -0.4 is 25.8 Å². The van der Waals surface area contributed by atoms with Crippen molar-refractivity contribution >= 4 is 11.4 Å². The Labute approximate surface area is 188 Å². The summed E-state index contributed by atoms with van der Waals surface area (Å²) >= 11 is 0. The topological polar surface area (TPSA) is 66.0 Å². The third-order valence-corrected chi connectivity index (χ3v) is 5.44. The normalized spacial score (nSPS) is 15.8. The molecule has 32 heavy (non-hydrogen) atoms. The predicted molar refractivity (Wildman–Crippen MR) is 125 cm³/mol. The molecule has 2 aromatic rings. The fraction of sp³-hybridized carbons (Fsp3) is 0.240. The summed E-state index contributed by atoms with van der Waals surface area (Å²) in [6, 6.07) is 10.7. The number of nitrogens with zero attached hydrogens (tertiary/aromatic N) is 2. The molecule has 6 nitrogen and oxygen atoms in total. The van der Waals surface area contributed by atoms with Crippen LogP contribution in [0.25, 0.3) is 5.70 Å². The summed E-state index contributed by atoms with van der Waals surface area (Å²) in [5.41, 5.74) is 11.5. The molecule has 0 radical (unpaired) electrons. The maximum Gasteiger partial charge on any atom is 0.238 e. The van der Waals surface area contributed by atoms with Crippen LogP contribution in [-0.4, -0.2) is 18.6 Å². The Morgan fingerprint density at radius 2 is 2.00 bits per heavy atom. The number of methoxy groups -OCH3 is 1. The maximum atomic E-state index is 13.0. The summed E-state index contributed by atoms with van der Waals surface area (Å²) in [6.07, 6.45) is 10.1. The Balaban J connectivity index is 1.46. The van der Waals surface area contributed by atoms with Gasteiger partial charge in [-0.15, -0.1) is 0 Å². The van der Waals surface area contributed by atoms with E-state index < -0.39 is 0 Å². The zero-order valence-corrected chi connectivity index (χ0v) is 18.7. The number of ether oxygens (including phenoxy) is 1. The van der Waals surface area contributed by atoms with Gasteiger partial charge in [0.05, 0.1) is 7.11 Å². The molecule has 2 aliphatic heterocycles. The summed E-state index contributed by atoms with van der Waals surface area (Å²) in [6.45, 7) is 4.91. The van der Waals surface area contributed by atoms with Gasteiger partial charge in [0, 0.05) is 30.6 Å². The number of nitrogens with one attached hydrogen (secondary N) is 2. The Morgan fingerprint density at radius 3 is 2.72 bits per heavy atom. The fourth-order valence-corrected chi connectivity index (χ4v) is 3.71. The van der Waals surface area contributed by atoms with Gasteiger partial charge in [-0.25, -0.2) is 20.2 Å². The predicted octanol–water partition coefficient (Wildman–Crippen LogP) is 3.34. The van der Waals surface area contributed by atoms with Crippen LogP contribution in [0.5, 0.6) is 5.88 Å². The second kappa shape index (κ2) is 9.70. The Morgan fingerprint density at radius 1 is 1.19 bits per heavy atom. The van der Waals surface area contributed by atoms with Crippen LogP contribution >= 0.6 is 0 Å². The maximum absolute atomic E-state index is 13.0. The summed E-state index contributed by atoms with van der Waals surface area (Å²) in [7, 11) is 1.64. The average Bonchev–Trinajstić information content (AvgIpc) is 2.81. The number of quaternary nitrogens is 1. The number of halogens is 1. The van der Waals surface area contributed by atoms with Gasteiger partial charge in [-0.05, 0) is 56.5 Å². The van der Waals surface area contributed by atoms with E-state index in [-0.39, 0.29) is 5.82 Å². The first-order chi connectivity index (χ1) is 15.5. The summed E-state index contributed by atoms with van der Waals surface area (Å²) in [5, 5.41) is 3.42. The van der Waals surface area contributed by atoms with E-state index in [1.165, 1.54) is 17.7 Å². The number of pyridine rings is 1.